The van der Waals surface area contributed by atoms with Crippen molar-refractivity contribution < 1.29 is 4.90 Å². The molecule has 0 saturated heterocycles. The third kappa shape index (κ3) is 3.78. The van der Waals surface area contributed by atoms with Gasteiger partial charge in [0, 0.05) is 25.3 Å². The molecule has 0 fully saturated rings. The number of nitrogens with zero attached hydrogens (tertiary/aromatic N) is 2. The van der Waals surface area contributed by atoms with E-state index >= 15 is 0 Å². The average Bonchev–Trinajstić information content (AvgIpc) is 2.66. The molecule has 0 aliphatic heterocycles. The van der Waals surface area contributed by atoms with Crippen LogP contribution in [-0.4, -0.2) is 30.6 Å². The second-order valence-corrected chi connectivity index (χ2v) is 6.94. The van der Waals surface area contributed by atoms with Crippen LogP contribution in [0.5, 0.6) is 0 Å². The summed E-state index contributed by atoms with van der Waals surface area (Å²) in [4.78, 5) is 23.5. The van der Waals surface area contributed by atoms with Crippen LogP contribution in [-0.2, 0) is 6.54 Å². The molecule has 0 radical (unpaired) electrons. The number of H-pyrrole nitrogens is 1. The summed E-state index contributed by atoms with van der Waals surface area (Å²) in [5, 5.41) is 0.640. The molecule has 0 spiro atoms. The Balaban J connectivity index is 1.84. The molecule has 0 saturated carbocycles. The van der Waals surface area contributed by atoms with E-state index < -0.39 is 0 Å². The lowest BCUT2D eigenvalue weighted by atomic mass is 10.1. The van der Waals surface area contributed by atoms with Gasteiger partial charge in [-0.2, -0.15) is 0 Å². The Hall–Kier alpha value is -2.66. The Morgan fingerprint density at radius 1 is 1.12 bits per heavy atom. The first kappa shape index (κ1) is 18.1. The van der Waals surface area contributed by atoms with E-state index in [1.165, 1.54) is 16.2 Å². The number of hydrogen-bond acceptors (Lipinski definition) is 3. The molecule has 2 atom stereocenters. The van der Waals surface area contributed by atoms with Crippen molar-refractivity contribution in [3.05, 3.63) is 70.3 Å². The van der Waals surface area contributed by atoms with Gasteiger partial charge in [-0.25, -0.2) is 4.98 Å². The lowest BCUT2D eigenvalue weighted by Gasteiger charge is -2.24. The van der Waals surface area contributed by atoms with Crippen molar-refractivity contribution in [1.29, 1.82) is 0 Å². The normalized spacial score (nSPS) is 13.5. The van der Waals surface area contributed by atoms with E-state index in [1.54, 1.807) is 0 Å². The predicted octanol–water partition coefficient (Wildman–Crippen LogP) is 2.16. The van der Waals surface area contributed by atoms with Crippen LogP contribution in [0.2, 0.25) is 0 Å². The summed E-state index contributed by atoms with van der Waals surface area (Å²) in [5.74, 6) is 0.746. The molecule has 3 aromatic rings. The van der Waals surface area contributed by atoms with Crippen LogP contribution in [0, 0.1) is 0 Å². The van der Waals surface area contributed by atoms with Crippen molar-refractivity contribution in [1.82, 2.24) is 9.97 Å². The van der Waals surface area contributed by atoms with Crippen LogP contribution < -0.4 is 15.4 Å². The van der Waals surface area contributed by atoms with Gasteiger partial charge in [-0.15, -0.1) is 0 Å². The number of fused-ring (bicyclic) bond motifs is 1. The predicted molar refractivity (Wildman–Crippen MR) is 107 cm³/mol. The third-order valence-corrected chi connectivity index (χ3v) is 4.99. The van der Waals surface area contributed by atoms with Crippen molar-refractivity contribution in [3.63, 3.8) is 0 Å². The van der Waals surface area contributed by atoms with Crippen LogP contribution in [0.4, 0.5) is 5.69 Å². The highest BCUT2D eigenvalue weighted by Gasteiger charge is 2.21. The monoisotopic (exact) mass is 351 g/mol. The minimum absolute atomic E-state index is 0.0664. The highest BCUT2D eigenvalue weighted by Crippen LogP contribution is 2.13. The van der Waals surface area contributed by atoms with E-state index in [2.05, 4.69) is 48.0 Å². The number of para-hydroxylation sites is 1. The lowest BCUT2D eigenvalue weighted by molar-refractivity contribution is -0.942. The van der Waals surface area contributed by atoms with Gasteiger partial charge in [0.15, 0.2) is 5.82 Å². The van der Waals surface area contributed by atoms with Crippen LogP contribution in [0.1, 0.15) is 31.3 Å². The van der Waals surface area contributed by atoms with Gasteiger partial charge < -0.3 is 14.8 Å². The van der Waals surface area contributed by atoms with Gasteiger partial charge in [0.05, 0.1) is 17.4 Å². The zero-order chi connectivity index (χ0) is 18.7. The van der Waals surface area contributed by atoms with E-state index in [0.29, 0.717) is 5.39 Å². The fourth-order valence-electron chi connectivity index (χ4n) is 3.26. The van der Waals surface area contributed by atoms with Crippen molar-refractivity contribution in [3.8, 4) is 0 Å². The Morgan fingerprint density at radius 3 is 2.46 bits per heavy atom. The van der Waals surface area contributed by atoms with Gasteiger partial charge in [0.2, 0.25) is 0 Å². The highest BCUT2D eigenvalue weighted by molar-refractivity contribution is 5.77. The Bertz CT molecular complexity index is 931. The Kier molecular flexibility index (Phi) is 5.38. The standard InChI is InChI=1S/C21H26N4O/c1-5-25(14-16-10-12-17(13-11-16)24(3)4)15(2)20-22-19-9-7-6-8-18(19)21(26)23-20/h6-13,15H,5,14H2,1-4H3,(H,22,23,26)/p+1/t15-/m0/s1. The van der Waals surface area contributed by atoms with E-state index in [-0.39, 0.29) is 11.6 Å². The van der Waals surface area contributed by atoms with Crippen LogP contribution >= 0.6 is 0 Å². The first-order valence-electron chi connectivity index (χ1n) is 9.09. The van der Waals surface area contributed by atoms with Crippen molar-refractivity contribution in [2.75, 3.05) is 25.5 Å². The summed E-state index contributed by atoms with van der Waals surface area (Å²) in [6, 6.07) is 16.2. The van der Waals surface area contributed by atoms with Crippen molar-refractivity contribution >= 4 is 16.6 Å². The largest absolute Gasteiger partial charge is 0.378 e. The fourth-order valence-corrected chi connectivity index (χ4v) is 3.26. The smallest absolute Gasteiger partial charge is 0.258 e. The van der Waals surface area contributed by atoms with Crippen LogP contribution in [0.3, 0.4) is 0 Å². The number of hydrogen-bond donors (Lipinski definition) is 2. The van der Waals surface area contributed by atoms with Gasteiger partial charge >= 0.3 is 0 Å². The van der Waals surface area contributed by atoms with E-state index in [4.69, 9.17) is 4.98 Å². The van der Waals surface area contributed by atoms with E-state index in [1.807, 2.05) is 38.4 Å². The summed E-state index contributed by atoms with van der Waals surface area (Å²) in [7, 11) is 4.09. The van der Waals surface area contributed by atoms with Gasteiger partial charge in [-0.1, -0.05) is 24.3 Å². The van der Waals surface area contributed by atoms with Crippen LogP contribution in [0.25, 0.3) is 10.9 Å². The van der Waals surface area contributed by atoms with Gasteiger partial charge in [0.25, 0.3) is 5.56 Å². The SMILES string of the molecule is CC[NH+](Cc1ccc(N(C)C)cc1)[C@@H](C)c1nc2ccccc2c(=O)[nH]1. The number of aromatic nitrogens is 2. The molecular weight excluding hydrogens is 324 g/mol. The molecule has 1 unspecified atom stereocenters. The zero-order valence-electron chi connectivity index (χ0n) is 15.9. The molecule has 0 amide bonds. The molecule has 1 heterocycles. The molecule has 0 aliphatic rings. The average molecular weight is 351 g/mol. The summed E-state index contributed by atoms with van der Waals surface area (Å²) in [6.45, 7) is 6.13. The number of benzene rings is 2. The molecule has 26 heavy (non-hydrogen) atoms. The maximum Gasteiger partial charge on any atom is 0.258 e. The van der Waals surface area contributed by atoms with Gasteiger partial charge in [-0.05, 0) is 38.1 Å². The first-order valence-corrected chi connectivity index (χ1v) is 9.09. The maximum absolute atomic E-state index is 12.4. The minimum atomic E-state index is -0.0664. The van der Waals surface area contributed by atoms with Gasteiger partial charge in [-0.3, -0.25) is 4.79 Å². The fraction of sp³-hybridized carbons (Fsp3) is 0.333. The van der Waals surface area contributed by atoms with Crippen molar-refractivity contribution in [2.24, 2.45) is 0 Å². The third-order valence-electron chi connectivity index (χ3n) is 4.99. The summed E-state index contributed by atoms with van der Waals surface area (Å²) in [6.07, 6.45) is 0. The number of aromatic amines is 1. The molecule has 0 aliphatic carbocycles. The van der Waals surface area contributed by atoms with E-state index in [9.17, 15) is 4.79 Å². The molecule has 136 valence electrons. The minimum Gasteiger partial charge on any atom is -0.378 e. The molecule has 2 aromatic carbocycles. The number of quaternary nitrogens is 1. The number of nitrogens with one attached hydrogen (secondary N) is 2. The quantitative estimate of drug-likeness (QED) is 0.716. The van der Waals surface area contributed by atoms with E-state index in [0.717, 1.165) is 24.4 Å². The Morgan fingerprint density at radius 2 is 1.81 bits per heavy atom. The number of rotatable bonds is 6. The highest BCUT2D eigenvalue weighted by atomic mass is 16.1. The molecule has 5 heteroatoms. The zero-order valence-corrected chi connectivity index (χ0v) is 15.9. The molecule has 2 N–H and O–H groups in total. The van der Waals surface area contributed by atoms with Crippen molar-refractivity contribution in [2.45, 2.75) is 26.4 Å². The van der Waals surface area contributed by atoms with Crippen LogP contribution in [0.15, 0.2) is 53.3 Å². The number of anilines is 1. The second kappa shape index (κ2) is 7.70. The summed E-state index contributed by atoms with van der Waals surface area (Å²) >= 11 is 0. The molecule has 3 rings (SSSR count). The molecule has 1 aromatic heterocycles. The first-order chi connectivity index (χ1) is 12.5. The summed E-state index contributed by atoms with van der Waals surface area (Å²) < 4.78 is 0. The second-order valence-electron chi connectivity index (χ2n) is 6.94. The topological polar surface area (TPSA) is 53.4 Å². The lowest BCUT2D eigenvalue weighted by Crippen LogP contribution is -3.10. The molecule has 5 nitrogen and oxygen atoms in total. The molecule has 0 bridgehead atoms. The Labute approximate surface area is 154 Å². The maximum atomic E-state index is 12.4. The molecular formula is C21H27N4O+. The van der Waals surface area contributed by atoms with Gasteiger partial charge in [0.1, 0.15) is 12.6 Å². The summed E-state index contributed by atoms with van der Waals surface area (Å²) in [5.41, 5.74) is 3.16.